The predicted octanol–water partition coefficient (Wildman–Crippen LogP) is 2.14. The molecule has 5 heteroatoms. The molecule has 1 N–H and O–H groups in total. The van der Waals surface area contributed by atoms with E-state index in [1.54, 1.807) is 18.7 Å². The molecule has 0 unspecified atom stereocenters. The van der Waals surface area contributed by atoms with Gasteiger partial charge in [-0.3, -0.25) is 0 Å². The van der Waals surface area contributed by atoms with Crippen molar-refractivity contribution in [2.45, 2.75) is 13.5 Å². The highest BCUT2D eigenvalue weighted by atomic mass is 16.3. The summed E-state index contributed by atoms with van der Waals surface area (Å²) in [6.45, 7) is 3.60. The fraction of sp³-hybridized carbons (Fsp3) is 0.333. The van der Waals surface area contributed by atoms with Crippen LogP contribution in [0.2, 0.25) is 0 Å². The standard InChI is InChI=1S/C12H16N4O/c1-3-13-12-14-6-4-11(15-12)16(2)8-10-5-7-17-9-10/h4-7,9H,3,8H2,1-2H3,(H,13,14,15). The summed E-state index contributed by atoms with van der Waals surface area (Å²) in [4.78, 5) is 10.6. The normalized spacial score (nSPS) is 10.2. The first-order valence-corrected chi connectivity index (χ1v) is 5.58. The molecule has 0 saturated carbocycles. The fourth-order valence-electron chi connectivity index (χ4n) is 1.54. The van der Waals surface area contributed by atoms with Crippen LogP contribution in [0.1, 0.15) is 12.5 Å². The molecule has 0 amide bonds. The lowest BCUT2D eigenvalue weighted by molar-refractivity contribution is 0.563. The summed E-state index contributed by atoms with van der Waals surface area (Å²) >= 11 is 0. The molecule has 17 heavy (non-hydrogen) atoms. The Bertz CT molecular complexity index is 455. The molecular weight excluding hydrogens is 216 g/mol. The maximum atomic E-state index is 5.04. The zero-order chi connectivity index (χ0) is 12.1. The molecule has 2 heterocycles. The van der Waals surface area contributed by atoms with Crippen molar-refractivity contribution in [2.24, 2.45) is 0 Å². The van der Waals surface area contributed by atoms with Gasteiger partial charge >= 0.3 is 0 Å². The number of furan rings is 1. The molecule has 0 bridgehead atoms. The molecule has 0 radical (unpaired) electrons. The first-order chi connectivity index (χ1) is 8.29. The second-order valence-corrected chi connectivity index (χ2v) is 3.76. The van der Waals surface area contributed by atoms with Crippen LogP contribution in [0.25, 0.3) is 0 Å². The van der Waals surface area contributed by atoms with Gasteiger partial charge in [-0.15, -0.1) is 0 Å². The van der Waals surface area contributed by atoms with E-state index in [1.807, 2.05) is 31.0 Å². The lowest BCUT2D eigenvalue weighted by Gasteiger charge is -2.17. The SMILES string of the molecule is CCNc1nccc(N(C)Cc2ccoc2)n1. The van der Waals surface area contributed by atoms with Gasteiger partial charge in [0.15, 0.2) is 0 Å². The molecular formula is C12H16N4O. The van der Waals surface area contributed by atoms with E-state index in [0.717, 1.165) is 24.5 Å². The third kappa shape index (κ3) is 2.96. The Hall–Kier alpha value is -2.04. The van der Waals surface area contributed by atoms with Crippen LogP contribution in [0.4, 0.5) is 11.8 Å². The summed E-state index contributed by atoms with van der Waals surface area (Å²) in [5.41, 5.74) is 1.12. The van der Waals surface area contributed by atoms with E-state index in [0.29, 0.717) is 5.95 Å². The first-order valence-electron chi connectivity index (χ1n) is 5.58. The second-order valence-electron chi connectivity index (χ2n) is 3.76. The zero-order valence-corrected chi connectivity index (χ0v) is 10.1. The first kappa shape index (κ1) is 11.4. The maximum Gasteiger partial charge on any atom is 0.224 e. The van der Waals surface area contributed by atoms with Gasteiger partial charge in [0, 0.05) is 31.9 Å². The molecule has 0 aliphatic heterocycles. The molecule has 90 valence electrons. The van der Waals surface area contributed by atoms with Crippen LogP contribution in [-0.4, -0.2) is 23.6 Å². The van der Waals surface area contributed by atoms with Gasteiger partial charge in [0.1, 0.15) is 5.82 Å². The van der Waals surface area contributed by atoms with Crippen molar-refractivity contribution >= 4 is 11.8 Å². The summed E-state index contributed by atoms with van der Waals surface area (Å²) in [6, 6.07) is 3.84. The molecule has 2 aromatic heterocycles. The van der Waals surface area contributed by atoms with Crippen LogP contribution in [0.15, 0.2) is 35.3 Å². The van der Waals surface area contributed by atoms with Gasteiger partial charge in [-0.1, -0.05) is 0 Å². The van der Waals surface area contributed by atoms with Crippen LogP contribution in [-0.2, 0) is 6.54 Å². The van der Waals surface area contributed by atoms with Gasteiger partial charge in [-0.05, 0) is 19.1 Å². The van der Waals surface area contributed by atoms with E-state index in [-0.39, 0.29) is 0 Å². The van der Waals surface area contributed by atoms with Gasteiger partial charge in [0.2, 0.25) is 5.95 Å². The third-order valence-electron chi connectivity index (χ3n) is 2.37. The second kappa shape index (κ2) is 5.34. The topological polar surface area (TPSA) is 54.2 Å². The highest BCUT2D eigenvalue weighted by Gasteiger charge is 2.05. The molecule has 0 fully saturated rings. The number of hydrogen-bond donors (Lipinski definition) is 1. The van der Waals surface area contributed by atoms with E-state index in [2.05, 4.69) is 15.3 Å². The minimum Gasteiger partial charge on any atom is -0.472 e. The Labute approximate surface area is 100 Å². The van der Waals surface area contributed by atoms with Gasteiger partial charge < -0.3 is 14.6 Å². The van der Waals surface area contributed by atoms with Crippen molar-refractivity contribution in [1.29, 1.82) is 0 Å². The number of nitrogens with one attached hydrogen (secondary N) is 1. The summed E-state index contributed by atoms with van der Waals surface area (Å²) in [5, 5.41) is 3.09. The average Bonchev–Trinajstić information content (AvgIpc) is 2.83. The highest BCUT2D eigenvalue weighted by Crippen LogP contribution is 2.13. The average molecular weight is 232 g/mol. The van der Waals surface area contributed by atoms with E-state index >= 15 is 0 Å². The van der Waals surface area contributed by atoms with E-state index in [4.69, 9.17) is 4.42 Å². The van der Waals surface area contributed by atoms with Crippen molar-refractivity contribution in [2.75, 3.05) is 23.8 Å². The monoisotopic (exact) mass is 232 g/mol. The van der Waals surface area contributed by atoms with Crippen LogP contribution >= 0.6 is 0 Å². The van der Waals surface area contributed by atoms with Gasteiger partial charge in [0.05, 0.1) is 12.5 Å². The fourth-order valence-corrected chi connectivity index (χ4v) is 1.54. The lowest BCUT2D eigenvalue weighted by Crippen LogP contribution is -2.18. The Morgan fingerprint density at radius 3 is 3.00 bits per heavy atom. The number of rotatable bonds is 5. The Morgan fingerprint density at radius 1 is 1.41 bits per heavy atom. The highest BCUT2D eigenvalue weighted by molar-refractivity contribution is 5.42. The van der Waals surface area contributed by atoms with Crippen molar-refractivity contribution in [3.63, 3.8) is 0 Å². The van der Waals surface area contributed by atoms with Crippen LogP contribution < -0.4 is 10.2 Å². The van der Waals surface area contributed by atoms with Crippen molar-refractivity contribution in [1.82, 2.24) is 9.97 Å². The molecule has 5 nitrogen and oxygen atoms in total. The molecule has 0 aliphatic carbocycles. The third-order valence-corrected chi connectivity index (χ3v) is 2.37. The Kier molecular flexibility index (Phi) is 3.59. The number of aromatic nitrogens is 2. The molecule has 2 aromatic rings. The van der Waals surface area contributed by atoms with Crippen molar-refractivity contribution in [3.05, 3.63) is 36.4 Å². The largest absolute Gasteiger partial charge is 0.472 e. The summed E-state index contributed by atoms with van der Waals surface area (Å²) in [7, 11) is 1.99. The van der Waals surface area contributed by atoms with Gasteiger partial charge in [-0.25, -0.2) is 4.98 Å². The number of anilines is 2. The van der Waals surface area contributed by atoms with E-state index < -0.39 is 0 Å². The van der Waals surface area contributed by atoms with Crippen LogP contribution in [0.5, 0.6) is 0 Å². The molecule has 0 spiro atoms. The summed E-state index contributed by atoms with van der Waals surface area (Å²) < 4.78 is 5.04. The van der Waals surface area contributed by atoms with E-state index in [1.165, 1.54) is 0 Å². The predicted molar refractivity (Wildman–Crippen MR) is 67.0 cm³/mol. The lowest BCUT2D eigenvalue weighted by atomic mass is 10.3. The number of nitrogens with zero attached hydrogens (tertiary/aromatic N) is 3. The molecule has 0 aromatic carbocycles. The van der Waals surface area contributed by atoms with Crippen LogP contribution in [0, 0.1) is 0 Å². The Morgan fingerprint density at radius 2 is 2.29 bits per heavy atom. The smallest absolute Gasteiger partial charge is 0.224 e. The minimum atomic E-state index is 0.657. The Balaban J connectivity index is 2.07. The maximum absolute atomic E-state index is 5.04. The van der Waals surface area contributed by atoms with Gasteiger partial charge in [-0.2, -0.15) is 4.98 Å². The zero-order valence-electron chi connectivity index (χ0n) is 10.1. The molecule has 0 atom stereocenters. The van der Waals surface area contributed by atoms with Gasteiger partial charge in [0.25, 0.3) is 0 Å². The molecule has 0 saturated heterocycles. The van der Waals surface area contributed by atoms with Crippen molar-refractivity contribution < 1.29 is 4.42 Å². The van der Waals surface area contributed by atoms with E-state index in [9.17, 15) is 0 Å². The quantitative estimate of drug-likeness (QED) is 0.856. The van der Waals surface area contributed by atoms with Crippen LogP contribution in [0.3, 0.4) is 0 Å². The minimum absolute atomic E-state index is 0.657. The molecule has 2 rings (SSSR count). The summed E-state index contributed by atoms with van der Waals surface area (Å²) in [6.07, 6.45) is 5.17. The number of hydrogen-bond acceptors (Lipinski definition) is 5. The van der Waals surface area contributed by atoms with Crippen molar-refractivity contribution in [3.8, 4) is 0 Å². The molecule has 0 aliphatic rings. The summed E-state index contributed by atoms with van der Waals surface area (Å²) in [5.74, 6) is 1.54.